The van der Waals surface area contributed by atoms with E-state index in [1.54, 1.807) is 24.5 Å². The van der Waals surface area contributed by atoms with Crippen molar-refractivity contribution in [2.45, 2.75) is 34.2 Å². The van der Waals surface area contributed by atoms with Crippen molar-refractivity contribution in [2.75, 3.05) is 13.1 Å². The van der Waals surface area contributed by atoms with Gasteiger partial charge in [-0.15, -0.1) is 0 Å². The maximum absolute atomic E-state index is 12.8. The third-order valence-corrected chi connectivity index (χ3v) is 4.72. The molecule has 0 saturated carbocycles. The second kappa shape index (κ2) is 8.57. The monoisotopic (exact) mass is 380 g/mol. The van der Waals surface area contributed by atoms with Crippen molar-refractivity contribution in [1.29, 1.82) is 0 Å². The fourth-order valence-corrected chi connectivity index (χ4v) is 3.70. The number of ketones is 1. The van der Waals surface area contributed by atoms with Crippen LogP contribution in [0.1, 0.15) is 49.2 Å². The fourth-order valence-electron chi connectivity index (χ4n) is 3.70. The molecule has 0 radical (unpaired) electrons. The lowest BCUT2D eigenvalue weighted by atomic mass is 10.0. The average Bonchev–Trinajstić information content (AvgIpc) is 2.93. The number of rotatable bonds is 7. The van der Waals surface area contributed by atoms with Gasteiger partial charge >= 0.3 is 0 Å². The van der Waals surface area contributed by atoms with Crippen molar-refractivity contribution in [1.82, 2.24) is 4.98 Å². The highest BCUT2D eigenvalue weighted by Gasteiger charge is 2.31. The summed E-state index contributed by atoms with van der Waals surface area (Å²) in [4.78, 5) is 18.1. The molecular formula is C23H28N2O3. The first-order chi connectivity index (χ1) is 13.3. The quantitative estimate of drug-likeness (QED) is 0.750. The third kappa shape index (κ3) is 4.60. The molecular weight excluding hydrogens is 352 g/mol. The van der Waals surface area contributed by atoms with Gasteiger partial charge in [-0.05, 0) is 29.8 Å². The molecule has 1 aromatic heterocycles. The van der Waals surface area contributed by atoms with E-state index in [0.29, 0.717) is 35.3 Å². The van der Waals surface area contributed by atoms with Crippen LogP contribution < -0.4 is 14.7 Å². The van der Waals surface area contributed by atoms with Gasteiger partial charge in [0.25, 0.3) is 0 Å². The molecule has 0 fully saturated rings. The minimum atomic E-state index is -0.178. The van der Waals surface area contributed by atoms with Crippen LogP contribution >= 0.6 is 0 Å². The van der Waals surface area contributed by atoms with E-state index in [1.165, 1.54) is 11.0 Å². The van der Waals surface area contributed by atoms with Crippen molar-refractivity contribution >= 4 is 11.9 Å². The Morgan fingerprint density at radius 2 is 1.71 bits per heavy atom. The molecule has 3 rings (SSSR count). The number of nitrogens with one attached hydrogen (secondary N) is 1. The van der Waals surface area contributed by atoms with Gasteiger partial charge in [0.2, 0.25) is 5.78 Å². The molecule has 0 amide bonds. The summed E-state index contributed by atoms with van der Waals surface area (Å²) >= 11 is 0. The van der Waals surface area contributed by atoms with Gasteiger partial charge in [-0.3, -0.25) is 9.78 Å². The maximum Gasteiger partial charge on any atom is 0.231 e. The van der Waals surface area contributed by atoms with Crippen molar-refractivity contribution in [3.8, 4) is 11.5 Å². The Kier molecular flexibility index (Phi) is 6.15. The first-order valence-electron chi connectivity index (χ1n) is 9.86. The molecule has 0 saturated heterocycles. The van der Waals surface area contributed by atoms with Crippen LogP contribution in [0.5, 0.6) is 11.5 Å². The SMILES string of the molecule is CC(C)C[NH+](Cc1c([O-])ccc2c1O/C(=C\c1ccncc1)C2=O)CC(C)C. The molecule has 5 heteroatoms. The number of carbonyl (C=O) groups excluding carboxylic acids is 1. The van der Waals surface area contributed by atoms with Crippen molar-refractivity contribution in [3.63, 3.8) is 0 Å². The number of allylic oxidation sites excluding steroid dienone is 1. The lowest BCUT2D eigenvalue weighted by Gasteiger charge is -2.26. The number of Topliss-reactive ketones (excluding diaryl/α,β-unsaturated/α-hetero) is 1. The molecule has 2 heterocycles. The number of hydrogen-bond acceptors (Lipinski definition) is 4. The van der Waals surface area contributed by atoms with Crippen LogP contribution in [0.25, 0.3) is 6.08 Å². The number of pyridine rings is 1. The van der Waals surface area contributed by atoms with Crippen LogP contribution in [0.15, 0.2) is 42.4 Å². The summed E-state index contributed by atoms with van der Waals surface area (Å²) < 4.78 is 5.92. The third-order valence-electron chi connectivity index (χ3n) is 4.72. The van der Waals surface area contributed by atoms with Crippen molar-refractivity contribution in [3.05, 3.63) is 59.1 Å². The summed E-state index contributed by atoms with van der Waals surface area (Å²) in [5, 5.41) is 12.6. The summed E-state index contributed by atoms with van der Waals surface area (Å²) in [6.07, 6.45) is 5.03. The highest BCUT2D eigenvalue weighted by atomic mass is 16.5. The molecule has 0 aliphatic carbocycles. The number of fused-ring (bicyclic) bond motifs is 1. The van der Waals surface area contributed by atoms with Gasteiger partial charge < -0.3 is 14.7 Å². The Labute approximate surface area is 166 Å². The largest absolute Gasteiger partial charge is 0.872 e. The van der Waals surface area contributed by atoms with Gasteiger partial charge in [-0.25, -0.2) is 0 Å². The van der Waals surface area contributed by atoms with Gasteiger partial charge in [-0.2, -0.15) is 0 Å². The maximum atomic E-state index is 12.8. The second-order valence-corrected chi connectivity index (χ2v) is 8.26. The Bertz CT molecular complexity index is 863. The predicted molar refractivity (Wildman–Crippen MR) is 107 cm³/mol. The molecule has 2 aromatic rings. The van der Waals surface area contributed by atoms with E-state index >= 15 is 0 Å². The Morgan fingerprint density at radius 1 is 1.07 bits per heavy atom. The molecule has 5 nitrogen and oxygen atoms in total. The Hall–Kier alpha value is -2.66. The van der Waals surface area contributed by atoms with Gasteiger partial charge in [0.05, 0.1) is 18.7 Å². The number of aromatic nitrogens is 1. The number of ether oxygens (including phenoxy) is 1. The van der Waals surface area contributed by atoms with Gasteiger partial charge in [0.15, 0.2) is 5.76 Å². The van der Waals surface area contributed by atoms with E-state index in [-0.39, 0.29) is 17.3 Å². The molecule has 1 aliphatic heterocycles. The zero-order chi connectivity index (χ0) is 20.3. The topological polar surface area (TPSA) is 66.7 Å². The lowest BCUT2D eigenvalue weighted by Crippen LogP contribution is -3.11. The Balaban J connectivity index is 1.92. The fraction of sp³-hybridized carbons (Fsp3) is 0.391. The minimum absolute atomic E-state index is 0.0678. The summed E-state index contributed by atoms with van der Waals surface area (Å²) in [6.45, 7) is 11.2. The predicted octanol–water partition coefficient (Wildman–Crippen LogP) is 2.47. The van der Waals surface area contributed by atoms with E-state index in [2.05, 4.69) is 32.7 Å². The molecule has 0 spiro atoms. The van der Waals surface area contributed by atoms with E-state index < -0.39 is 0 Å². The average molecular weight is 380 g/mol. The number of quaternary nitrogens is 1. The van der Waals surface area contributed by atoms with Crippen LogP contribution in [0, 0.1) is 11.8 Å². The zero-order valence-corrected chi connectivity index (χ0v) is 17.0. The number of nitrogens with zero attached hydrogens (tertiary/aromatic N) is 1. The van der Waals surface area contributed by atoms with E-state index in [4.69, 9.17) is 4.74 Å². The number of hydrogen-bond donors (Lipinski definition) is 1. The minimum Gasteiger partial charge on any atom is -0.872 e. The molecule has 1 N–H and O–H groups in total. The molecule has 28 heavy (non-hydrogen) atoms. The number of benzene rings is 1. The Morgan fingerprint density at radius 3 is 2.32 bits per heavy atom. The molecule has 0 atom stereocenters. The standard InChI is InChI=1S/C23H28N2O3/c1-15(2)12-25(13-16(3)4)14-19-20(26)6-5-18-22(27)21(28-23(18)19)11-17-7-9-24-10-8-17/h5-11,15-16,26H,12-14H2,1-4H3/b21-11-. The zero-order valence-electron chi connectivity index (χ0n) is 17.0. The van der Waals surface area contributed by atoms with Crippen LogP contribution in [-0.2, 0) is 6.54 Å². The highest BCUT2D eigenvalue weighted by molar-refractivity contribution is 6.14. The summed E-state index contributed by atoms with van der Waals surface area (Å²) in [5.41, 5.74) is 1.91. The van der Waals surface area contributed by atoms with E-state index in [9.17, 15) is 9.90 Å². The van der Waals surface area contributed by atoms with Crippen molar-refractivity contribution in [2.24, 2.45) is 11.8 Å². The molecule has 1 aliphatic rings. The second-order valence-electron chi connectivity index (χ2n) is 8.26. The van der Waals surface area contributed by atoms with Gasteiger partial charge in [0, 0.05) is 29.8 Å². The van der Waals surface area contributed by atoms with Crippen LogP contribution in [0.4, 0.5) is 0 Å². The smallest absolute Gasteiger partial charge is 0.231 e. The molecule has 0 unspecified atom stereocenters. The first kappa shape index (κ1) is 20.1. The van der Waals surface area contributed by atoms with Crippen LogP contribution in [0.2, 0.25) is 0 Å². The highest BCUT2D eigenvalue weighted by Crippen LogP contribution is 2.38. The normalized spacial score (nSPS) is 15.0. The van der Waals surface area contributed by atoms with E-state index in [0.717, 1.165) is 18.7 Å². The number of carbonyl (C=O) groups is 1. The molecule has 1 aromatic carbocycles. The van der Waals surface area contributed by atoms with Gasteiger partial charge in [0.1, 0.15) is 12.3 Å². The molecule has 148 valence electrons. The van der Waals surface area contributed by atoms with Gasteiger partial charge in [-0.1, -0.05) is 39.5 Å². The summed E-state index contributed by atoms with van der Waals surface area (Å²) in [6, 6.07) is 6.70. The lowest BCUT2D eigenvalue weighted by molar-refractivity contribution is -0.919. The van der Waals surface area contributed by atoms with Crippen molar-refractivity contribution < 1.29 is 19.5 Å². The first-order valence-corrected chi connectivity index (χ1v) is 9.86. The summed E-state index contributed by atoms with van der Waals surface area (Å²) in [5.74, 6) is 1.48. The molecule has 0 bridgehead atoms. The van der Waals surface area contributed by atoms with Crippen LogP contribution in [-0.4, -0.2) is 23.9 Å². The summed E-state index contributed by atoms with van der Waals surface area (Å²) in [7, 11) is 0. The van der Waals surface area contributed by atoms with E-state index in [1.807, 2.05) is 12.1 Å². The van der Waals surface area contributed by atoms with Crippen LogP contribution in [0.3, 0.4) is 0 Å².